The number of anilines is 2. The Hall–Kier alpha value is -1.18. The minimum absolute atomic E-state index is 0.667. The van der Waals surface area contributed by atoms with Gasteiger partial charge in [-0.2, -0.15) is 0 Å². The van der Waals surface area contributed by atoms with Gasteiger partial charge in [0.1, 0.15) is 0 Å². The van der Waals surface area contributed by atoms with E-state index in [1.807, 2.05) is 0 Å². The quantitative estimate of drug-likeness (QED) is 0.861. The Balaban J connectivity index is 1.98. The molecule has 0 unspecified atom stereocenters. The molecule has 0 spiro atoms. The van der Waals surface area contributed by atoms with E-state index in [0.717, 1.165) is 5.92 Å². The van der Waals surface area contributed by atoms with E-state index < -0.39 is 0 Å². The molecule has 2 rings (SSSR count). The van der Waals surface area contributed by atoms with Gasteiger partial charge in [-0.15, -0.1) is 0 Å². The molecule has 0 aliphatic heterocycles. The number of hydrogen-bond acceptors (Lipinski definition) is 2. The fourth-order valence-corrected chi connectivity index (χ4v) is 3.13. The van der Waals surface area contributed by atoms with Gasteiger partial charge in [-0.1, -0.05) is 19.4 Å². The smallest absolute Gasteiger partial charge is 0.0411 e. The standard InChI is InChI=1S/C17H28N2/c1-5-14-7-10-15(11-8-14)18-16-9-6-13(2)17(12-16)19(3)4/h6,9,12,14-15,18H,5,7-8,10-11H2,1-4H3. The van der Waals surface area contributed by atoms with E-state index in [0.29, 0.717) is 6.04 Å². The Morgan fingerprint density at radius 3 is 2.42 bits per heavy atom. The maximum absolute atomic E-state index is 3.72. The first-order valence-electron chi connectivity index (χ1n) is 7.64. The summed E-state index contributed by atoms with van der Waals surface area (Å²) in [6.45, 7) is 4.49. The average Bonchev–Trinajstić information content (AvgIpc) is 2.41. The van der Waals surface area contributed by atoms with Crippen molar-refractivity contribution in [3.63, 3.8) is 0 Å². The molecule has 19 heavy (non-hydrogen) atoms. The number of nitrogens with zero attached hydrogens (tertiary/aromatic N) is 1. The van der Waals surface area contributed by atoms with Crippen LogP contribution in [0, 0.1) is 12.8 Å². The highest BCUT2D eigenvalue weighted by atomic mass is 15.1. The highest BCUT2D eigenvalue weighted by molar-refractivity contribution is 5.62. The summed E-state index contributed by atoms with van der Waals surface area (Å²) in [5, 5.41) is 3.72. The van der Waals surface area contributed by atoms with Gasteiger partial charge in [-0.25, -0.2) is 0 Å². The van der Waals surface area contributed by atoms with Gasteiger partial charge in [0.05, 0.1) is 0 Å². The normalized spacial score (nSPS) is 23.2. The second kappa shape index (κ2) is 6.31. The van der Waals surface area contributed by atoms with Gasteiger partial charge in [0.25, 0.3) is 0 Å². The topological polar surface area (TPSA) is 15.3 Å². The summed E-state index contributed by atoms with van der Waals surface area (Å²) < 4.78 is 0. The zero-order chi connectivity index (χ0) is 13.8. The first kappa shape index (κ1) is 14.2. The summed E-state index contributed by atoms with van der Waals surface area (Å²) in [6.07, 6.45) is 6.77. The molecule has 1 aliphatic rings. The molecular weight excluding hydrogens is 232 g/mol. The second-order valence-electron chi connectivity index (χ2n) is 6.17. The predicted octanol–water partition coefficient (Wildman–Crippen LogP) is 4.44. The van der Waals surface area contributed by atoms with Crippen molar-refractivity contribution in [1.29, 1.82) is 0 Å². The summed E-state index contributed by atoms with van der Waals surface area (Å²) >= 11 is 0. The Labute approximate surface area is 118 Å². The molecular formula is C17H28N2. The number of rotatable bonds is 4. The predicted molar refractivity (Wildman–Crippen MR) is 85.2 cm³/mol. The van der Waals surface area contributed by atoms with Crippen molar-refractivity contribution in [2.45, 2.75) is 52.0 Å². The molecule has 2 nitrogen and oxygen atoms in total. The van der Waals surface area contributed by atoms with Crippen LogP contribution in [0.5, 0.6) is 0 Å². The summed E-state index contributed by atoms with van der Waals surface area (Å²) in [7, 11) is 4.22. The molecule has 106 valence electrons. The van der Waals surface area contributed by atoms with Crippen LogP contribution in [0.2, 0.25) is 0 Å². The lowest BCUT2D eigenvalue weighted by molar-refractivity contribution is 0.330. The zero-order valence-corrected chi connectivity index (χ0v) is 12.9. The average molecular weight is 260 g/mol. The number of aryl methyl sites for hydroxylation is 1. The maximum atomic E-state index is 3.72. The third-order valence-corrected chi connectivity index (χ3v) is 4.49. The molecule has 0 bridgehead atoms. The lowest BCUT2D eigenvalue weighted by Gasteiger charge is -2.29. The molecule has 1 aliphatic carbocycles. The van der Waals surface area contributed by atoms with Crippen molar-refractivity contribution < 1.29 is 0 Å². The molecule has 0 saturated heterocycles. The Morgan fingerprint density at radius 1 is 1.16 bits per heavy atom. The van der Waals surface area contributed by atoms with E-state index in [2.05, 4.69) is 56.4 Å². The Morgan fingerprint density at radius 2 is 1.84 bits per heavy atom. The Kier molecular flexibility index (Phi) is 4.73. The minimum atomic E-state index is 0.667. The van der Waals surface area contributed by atoms with Gasteiger partial charge in [0, 0.05) is 31.5 Å². The highest BCUT2D eigenvalue weighted by Crippen LogP contribution is 2.30. The third kappa shape index (κ3) is 3.65. The fraction of sp³-hybridized carbons (Fsp3) is 0.647. The molecule has 1 fully saturated rings. The fourth-order valence-electron chi connectivity index (χ4n) is 3.13. The van der Waals surface area contributed by atoms with E-state index in [1.54, 1.807) is 0 Å². The van der Waals surface area contributed by atoms with Crippen LogP contribution < -0.4 is 10.2 Å². The van der Waals surface area contributed by atoms with E-state index in [1.165, 1.54) is 49.0 Å². The molecule has 0 radical (unpaired) electrons. The summed E-state index contributed by atoms with van der Waals surface area (Å²) in [5.41, 5.74) is 3.92. The molecule has 1 saturated carbocycles. The van der Waals surface area contributed by atoms with Crippen molar-refractivity contribution in [2.24, 2.45) is 5.92 Å². The summed E-state index contributed by atoms with van der Waals surface area (Å²) in [6, 6.07) is 7.38. The van der Waals surface area contributed by atoms with Crippen LogP contribution in [0.25, 0.3) is 0 Å². The first-order valence-corrected chi connectivity index (χ1v) is 7.64. The van der Waals surface area contributed by atoms with Gasteiger partial charge in [0.15, 0.2) is 0 Å². The van der Waals surface area contributed by atoms with Crippen molar-refractivity contribution in [3.05, 3.63) is 23.8 Å². The maximum Gasteiger partial charge on any atom is 0.0411 e. The minimum Gasteiger partial charge on any atom is -0.382 e. The molecule has 2 heteroatoms. The zero-order valence-electron chi connectivity index (χ0n) is 12.9. The van der Waals surface area contributed by atoms with Crippen molar-refractivity contribution in [3.8, 4) is 0 Å². The number of hydrogen-bond donors (Lipinski definition) is 1. The molecule has 0 aromatic heterocycles. The largest absolute Gasteiger partial charge is 0.382 e. The number of benzene rings is 1. The van der Waals surface area contributed by atoms with Crippen LogP contribution in [0.15, 0.2) is 18.2 Å². The molecule has 1 aromatic carbocycles. The lowest BCUT2D eigenvalue weighted by atomic mass is 9.84. The van der Waals surface area contributed by atoms with Gasteiger partial charge in [0.2, 0.25) is 0 Å². The van der Waals surface area contributed by atoms with Crippen molar-refractivity contribution >= 4 is 11.4 Å². The van der Waals surface area contributed by atoms with E-state index in [-0.39, 0.29) is 0 Å². The van der Waals surface area contributed by atoms with Gasteiger partial charge < -0.3 is 10.2 Å². The SMILES string of the molecule is CCC1CCC(Nc2ccc(C)c(N(C)C)c2)CC1. The molecule has 0 amide bonds. The summed E-state index contributed by atoms with van der Waals surface area (Å²) in [4.78, 5) is 2.19. The van der Waals surface area contributed by atoms with Crippen LogP contribution in [0.4, 0.5) is 11.4 Å². The summed E-state index contributed by atoms with van der Waals surface area (Å²) in [5.74, 6) is 0.966. The molecule has 1 N–H and O–H groups in total. The first-order chi connectivity index (χ1) is 9.10. The van der Waals surface area contributed by atoms with Gasteiger partial charge >= 0.3 is 0 Å². The van der Waals surface area contributed by atoms with Crippen molar-refractivity contribution in [2.75, 3.05) is 24.3 Å². The molecule has 0 heterocycles. The van der Waals surface area contributed by atoms with E-state index >= 15 is 0 Å². The van der Waals surface area contributed by atoms with Crippen LogP contribution in [-0.2, 0) is 0 Å². The lowest BCUT2D eigenvalue weighted by Crippen LogP contribution is -2.26. The van der Waals surface area contributed by atoms with Gasteiger partial charge in [-0.3, -0.25) is 0 Å². The van der Waals surface area contributed by atoms with Crippen LogP contribution in [-0.4, -0.2) is 20.1 Å². The monoisotopic (exact) mass is 260 g/mol. The van der Waals surface area contributed by atoms with Gasteiger partial charge in [-0.05, 0) is 56.2 Å². The van der Waals surface area contributed by atoms with Crippen LogP contribution in [0.3, 0.4) is 0 Å². The molecule has 0 atom stereocenters. The molecule has 1 aromatic rings. The third-order valence-electron chi connectivity index (χ3n) is 4.49. The van der Waals surface area contributed by atoms with E-state index in [4.69, 9.17) is 0 Å². The second-order valence-corrected chi connectivity index (χ2v) is 6.17. The van der Waals surface area contributed by atoms with Crippen LogP contribution in [0.1, 0.15) is 44.6 Å². The number of nitrogens with one attached hydrogen (secondary N) is 1. The Bertz CT molecular complexity index is 404. The highest BCUT2D eigenvalue weighted by Gasteiger charge is 2.19. The van der Waals surface area contributed by atoms with Crippen LogP contribution >= 0.6 is 0 Å². The van der Waals surface area contributed by atoms with Crippen molar-refractivity contribution in [1.82, 2.24) is 0 Å². The van der Waals surface area contributed by atoms with E-state index in [9.17, 15) is 0 Å².